The number of H-pyrrole nitrogens is 1. The van der Waals surface area contributed by atoms with Crippen molar-refractivity contribution in [2.75, 3.05) is 36.0 Å². The van der Waals surface area contributed by atoms with Crippen LogP contribution in [0.3, 0.4) is 0 Å². The van der Waals surface area contributed by atoms with Crippen molar-refractivity contribution in [3.05, 3.63) is 52.3 Å². The first-order chi connectivity index (χ1) is 13.1. The van der Waals surface area contributed by atoms with Crippen LogP contribution in [0.1, 0.15) is 25.8 Å². The zero-order valence-corrected chi connectivity index (χ0v) is 16.1. The molecule has 144 valence electrons. The number of benzene rings is 1. The molecule has 6 heteroatoms. The third-order valence-electron chi connectivity index (χ3n) is 5.49. The van der Waals surface area contributed by atoms with Crippen molar-refractivity contribution in [3.63, 3.8) is 0 Å². The van der Waals surface area contributed by atoms with E-state index < -0.39 is 0 Å². The molecule has 6 nitrogen and oxygen atoms in total. The molecule has 2 saturated heterocycles. The summed E-state index contributed by atoms with van der Waals surface area (Å²) in [6.45, 7) is 7.44. The molecule has 1 aromatic carbocycles. The van der Waals surface area contributed by atoms with Gasteiger partial charge in [0.2, 0.25) is 5.95 Å². The van der Waals surface area contributed by atoms with Crippen molar-refractivity contribution in [1.82, 2.24) is 9.97 Å². The highest BCUT2D eigenvalue weighted by atomic mass is 16.5. The molecular formula is C21H28N4O2. The van der Waals surface area contributed by atoms with E-state index in [9.17, 15) is 4.79 Å². The van der Waals surface area contributed by atoms with Gasteiger partial charge in [0, 0.05) is 31.7 Å². The predicted molar refractivity (Wildman–Crippen MR) is 108 cm³/mol. The fraction of sp³-hybridized carbons (Fsp3) is 0.524. The molecule has 0 spiro atoms. The van der Waals surface area contributed by atoms with Gasteiger partial charge in [-0.1, -0.05) is 37.3 Å². The van der Waals surface area contributed by atoms with Crippen LogP contribution in [0.5, 0.6) is 0 Å². The van der Waals surface area contributed by atoms with Crippen LogP contribution in [0.25, 0.3) is 0 Å². The summed E-state index contributed by atoms with van der Waals surface area (Å²) in [5.41, 5.74) is 1.23. The Hall–Kier alpha value is -2.34. The zero-order valence-electron chi connectivity index (χ0n) is 16.1. The lowest BCUT2D eigenvalue weighted by Crippen LogP contribution is -2.42. The van der Waals surface area contributed by atoms with E-state index in [2.05, 4.69) is 52.9 Å². The molecule has 3 heterocycles. The average molecular weight is 368 g/mol. The molecule has 1 aromatic heterocycles. The van der Waals surface area contributed by atoms with E-state index in [1.165, 1.54) is 5.56 Å². The summed E-state index contributed by atoms with van der Waals surface area (Å²) in [5.74, 6) is 2.03. The fourth-order valence-electron chi connectivity index (χ4n) is 4.25. The van der Waals surface area contributed by atoms with Crippen molar-refractivity contribution in [1.29, 1.82) is 0 Å². The van der Waals surface area contributed by atoms with Gasteiger partial charge in [0.25, 0.3) is 5.56 Å². The molecule has 4 rings (SSSR count). The number of nitrogens with one attached hydrogen (secondary N) is 1. The Morgan fingerprint density at radius 2 is 2.04 bits per heavy atom. The summed E-state index contributed by atoms with van der Waals surface area (Å²) in [7, 11) is 0. The van der Waals surface area contributed by atoms with Gasteiger partial charge in [-0.2, -0.15) is 4.98 Å². The molecule has 0 radical (unpaired) electrons. The highest BCUT2D eigenvalue weighted by Gasteiger charge is 2.32. The molecule has 2 aromatic rings. The van der Waals surface area contributed by atoms with Crippen LogP contribution in [0, 0.1) is 5.92 Å². The van der Waals surface area contributed by atoms with Gasteiger partial charge in [0.05, 0.1) is 12.7 Å². The quantitative estimate of drug-likeness (QED) is 0.898. The lowest BCUT2D eigenvalue weighted by Gasteiger charge is -2.33. The Bertz CT molecular complexity index is 822. The molecule has 2 aliphatic rings. The normalized spacial score (nSPS) is 25.8. The smallest absolute Gasteiger partial charge is 0.254 e. The van der Waals surface area contributed by atoms with Crippen LogP contribution in [-0.2, 0) is 11.2 Å². The minimum absolute atomic E-state index is 0.0906. The topological polar surface area (TPSA) is 61.5 Å². The summed E-state index contributed by atoms with van der Waals surface area (Å²) in [6, 6.07) is 12.5. The Kier molecular flexibility index (Phi) is 5.16. The van der Waals surface area contributed by atoms with Crippen LogP contribution >= 0.6 is 0 Å². The summed E-state index contributed by atoms with van der Waals surface area (Å²) in [5, 5.41) is 0. The van der Waals surface area contributed by atoms with Crippen LogP contribution < -0.4 is 15.4 Å². The summed E-state index contributed by atoms with van der Waals surface area (Å²) in [4.78, 5) is 24.6. The number of hydrogen-bond acceptors (Lipinski definition) is 5. The first kappa shape index (κ1) is 18.0. The molecule has 0 aliphatic carbocycles. The molecule has 0 amide bonds. The number of hydrogen-bond donors (Lipinski definition) is 1. The molecule has 2 fully saturated rings. The number of morpholine rings is 1. The average Bonchev–Trinajstić information content (AvgIpc) is 3.02. The number of anilines is 2. The summed E-state index contributed by atoms with van der Waals surface area (Å²) >= 11 is 0. The van der Waals surface area contributed by atoms with Gasteiger partial charge in [-0.3, -0.25) is 9.78 Å². The first-order valence-electron chi connectivity index (χ1n) is 9.87. The molecule has 27 heavy (non-hydrogen) atoms. The molecule has 1 N–H and O–H groups in total. The Morgan fingerprint density at radius 1 is 1.22 bits per heavy atom. The number of ether oxygens (including phenoxy) is 1. The maximum Gasteiger partial charge on any atom is 0.254 e. The minimum atomic E-state index is -0.0906. The molecule has 2 aliphatic heterocycles. The van der Waals surface area contributed by atoms with E-state index in [1.54, 1.807) is 6.07 Å². The Balaban J connectivity index is 1.60. The SMILES string of the molecule is C[C@@H]1C[C@H](Cc2ccccc2)N(c2nc(N3CCO[C@H](C)C3)cc(=O)[nH]2)C1. The van der Waals surface area contributed by atoms with Gasteiger partial charge in [0.1, 0.15) is 5.82 Å². The van der Waals surface area contributed by atoms with E-state index in [4.69, 9.17) is 9.72 Å². The Labute approximate surface area is 160 Å². The van der Waals surface area contributed by atoms with Gasteiger partial charge in [-0.25, -0.2) is 0 Å². The van der Waals surface area contributed by atoms with Crippen LogP contribution in [0.4, 0.5) is 11.8 Å². The van der Waals surface area contributed by atoms with Gasteiger partial charge in [-0.05, 0) is 31.2 Å². The largest absolute Gasteiger partial charge is 0.375 e. The number of aromatic nitrogens is 2. The lowest BCUT2D eigenvalue weighted by molar-refractivity contribution is 0.0529. The first-order valence-corrected chi connectivity index (χ1v) is 9.87. The van der Waals surface area contributed by atoms with E-state index in [-0.39, 0.29) is 11.7 Å². The summed E-state index contributed by atoms with van der Waals surface area (Å²) in [6.07, 6.45) is 2.23. The second-order valence-corrected chi connectivity index (χ2v) is 7.89. The minimum Gasteiger partial charge on any atom is -0.375 e. The number of rotatable bonds is 4. The fourth-order valence-corrected chi connectivity index (χ4v) is 4.25. The lowest BCUT2D eigenvalue weighted by atomic mass is 10.0. The van der Waals surface area contributed by atoms with Crippen molar-refractivity contribution in [2.45, 2.75) is 38.8 Å². The van der Waals surface area contributed by atoms with E-state index in [0.29, 0.717) is 24.5 Å². The van der Waals surface area contributed by atoms with Gasteiger partial charge >= 0.3 is 0 Å². The van der Waals surface area contributed by atoms with Gasteiger partial charge < -0.3 is 14.5 Å². The number of aromatic amines is 1. The van der Waals surface area contributed by atoms with Gasteiger partial charge in [-0.15, -0.1) is 0 Å². The number of nitrogens with zero attached hydrogens (tertiary/aromatic N) is 3. The maximum absolute atomic E-state index is 12.4. The van der Waals surface area contributed by atoms with E-state index >= 15 is 0 Å². The highest BCUT2D eigenvalue weighted by molar-refractivity contribution is 5.45. The zero-order chi connectivity index (χ0) is 18.8. The van der Waals surface area contributed by atoms with Crippen molar-refractivity contribution in [3.8, 4) is 0 Å². The standard InChI is InChI=1S/C21H28N4O2/c1-15-10-18(11-17-6-4-3-5-7-17)25(13-15)21-22-19(12-20(26)23-21)24-8-9-27-16(2)14-24/h3-7,12,15-16,18H,8-11,13-14H2,1-2H3,(H,22,23,26)/t15-,16-,18-/m1/s1. The van der Waals surface area contributed by atoms with Crippen molar-refractivity contribution >= 4 is 11.8 Å². The van der Waals surface area contributed by atoms with Crippen molar-refractivity contribution in [2.24, 2.45) is 5.92 Å². The maximum atomic E-state index is 12.4. The van der Waals surface area contributed by atoms with E-state index in [1.807, 2.05) is 6.07 Å². The molecule has 0 saturated carbocycles. The van der Waals surface area contributed by atoms with Crippen LogP contribution in [0.2, 0.25) is 0 Å². The second kappa shape index (κ2) is 7.72. The molecule has 0 bridgehead atoms. The summed E-state index contributed by atoms with van der Waals surface area (Å²) < 4.78 is 5.62. The monoisotopic (exact) mass is 368 g/mol. The van der Waals surface area contributed by atoms with Gasteiger partial charge in [0.15, 0.2) is 0 Å². The molecule has 3 atom stereocenters. The molecular weight excluding hydrogens is 340 g/mol. The second-order valence-electron chi connectivity index (χ2n) is 7.89. The predicted octanol–water partition coefficient (Wildman–Crippen LogP) is 2.45. The Morgan fingerprint density at radius 3 is 2.81 bits per heavy atom. The van der Waals surface area contributed by atoms with Crippen LogP contribution in [-0.4, -0.2) is 48.4 Å². The molecule has 0 unspecified atom stereocenters. The van der Waals surface area contributed by atoms with E-state index in [0.717, 1.165) is 38.3 Å². The van der Waals surface area contributed by atoms with Crippen molar-refractivity contribution < 1.29 is 4.74 Å². The highest BCUT2D eigenvalue weighted by Crippen LogP contribution is 2.29. The van der Waals surface area contributed by atoms with Crippen LogP contribution in [0.15, 0.2) is 41.2 Å². The third kappa shape index (κ3) is 4.16. The third-order valence-corrected chi connectivity index (χ3v) is 5.49.